The lowest BCUT2D eigenvalue weighted by Crippen LogP contribution is -2.16. The number of aryl methyl sites for hydroxylation is 1. The molecule has 0 atom stereocenters. The van der Waals surface area contributed by atoms with Crippen molar-refractivity contribution in [3.63, 3.8) is 0 Å². The summed E-state index contributed by atoms with van der Waals surface area (Å²) < 4.78 is 5.46. The van der Waals surface area contributed by atoms with E-state index in [2.05, 4.69) is 9.72 Å². The number of nitrogens with zero attached hydrogens (tertiary/aromatic N) is 3. The smallest absolute Gasteiger partial charge is 0.431 e. The van der Waals surface area contributed by atoms with Gasteiger partial charge in [-0.2, -0.15) is 4.79 Å². The largest absolute Gasteiger partial charge is 0.513 e. The van der Waals surface area contributed by atoms with Crippen molar-refractivity contribution in [2.24, 2.45) is 0 Å². The number of ether oxygens (including phenoxy) is 1. The van der Waals surface area contributed by atoms with Crippen LogP contribution in [0.4, 0.5) is 10.6 Å². The summed E-state index contributed by atoms with van der Waals surface area (Å²) in [7, 11) is 0. The molecule has 0 N–H and O–H groups in total. The van der Waals surface area contributed by atoms with Crippen LogP contribution >= 0.6 is 0 Å². The maximum Gasteiger partial charge on any atom is 0.513 e. The van der Waals surface area contributed by atoms with E-state index in [1.54, 1.807) is 6.92 Å². The van der Waals surface area contributed by atoms with Gasteiger partial charge >= 0.3 is 11.9 Å². The van der Waals surface area contributed by atoms with Gasteiger partial charge in [-0.25, -0.2) is 4.98 Å². The van der Waals surface area contributed by atoms with Crippen molar-refractivity contribution in [2.45, 2.75) is 13.8 Å². The molecule has 0 amide bonds. The Morgan fingerprint density at radius 3 is 2.93 bits per heavy atom. The molecule has 0 aliphatic carbocycles. The molecular weight excluding hydrogens is 190 g/mol. The van der Waals surface area contributed by atoms with Crippen LogP contribution < -0.4 is 0 Å². The fraction of sp³-hybridized carbons (Fsp3) is 0.429. The van der Waals surface area contributed by atoms with Gasteiger partial charge in [-0.05, 0) is 11.8 Å². The molecule has 76 valence electrons. The van der Waals surface area contributed by atoms with Crippen LogP contribution in [0.5, 0.6) is 0 Å². The summed E-state index contributed by atoms with van der Waals surface area (Å²) in [6.45, 7) is 3.27. The van der Waals surface area contributed by atoms with Crippen molar-refractivity contribution >= 4 is 11.9 Å². The molecule has 0 unspecified atom stereocenters. The summed E-state index contributed by atoms with van der Waals surface area (Å²) in [4.78, 5) is 24.7. The summed E-state index contributed by atoms with van der Waals surface area (Å²) in [5, 5.41) is 10.5. The number of imidazole rings is 1. The van der Waals surface area contributed by atoms with Gasteiger partial charge in [0.15, 0.2) is 0 Å². The number of carbonyl (C=O) groups is 1. The third-order valence-corrected chi connectivity index (χ3v) is 1.56. The Balaban J connectivity index is 3.11. The highest BCUT2D eigenvalue weighted by atomic mass is 16.6. The van der Waals surface area contributed by atoms with Gasteiger partial charge < -0.3 is 14.9 Å². The molecule has 0 aliphatic heterocycles. The van der Waals surface area contributed by atoms with Crippen molar-refractivity contribution in [1.82, 2.24) is 9.55 Å². The van der Waals surface area contributed by atoms with Crippen LogP contribution in [-0.2, 0) is 4.74 Å². The second kappa shape index (κ2) is 3.86. The molecule has 7 nitrogen and oxygen atoms in total. The minimum atomic E-state index is -0.783. The maximum absolute atomic E-state index is 11.2. The van der Waals surface area contributed by atoms with Crippen LogP contribution in [0.15, 0.2) is 6.20 Å². The van der Waals surface area contributed by atoms with E-state index in [1.807, 2.05) is 0 Å². The molecule has 14 heavy (non-hydrogen) atoms. The Morgan fingerprint density at radius 1 is 1.79 bits per heavy atom. The van der Waals surface area contributed by atoms with Crippen molar-refractivity contribution in [3.8, 4) is 0 Å². The number of hydrogen-bond donors (Lipinski definition) is 0. The minimum Gasteiger partial charge on any atom is -0.431 e. The van der Waals surface area contributed by atoms with E-state index in [4.69, 9.17) is 0 Å². The third kappa shape index (κ3) is 1.70. The molecule has 1 aromatic rings. The number of rotatable bonds is 2. The van der Waals surface area contributed by atoms with E-state index in [9.17, 15) is 14.9 Å². The standard InChI is InChI=1S/C7H9N3O4/c1-3-14-7(11)9-5(2)8-4-6(9)10(12)13/h4H,3H2,1-2H3. The number of nitro groups is 1. The average molecular weight is 199 g/mol. The quantitative estimate of drug-likeness (QED) is 0.525. The number of hydrogen-bond acceptors (Lipinski definition) is 5. The maximum atomic E-state index is 11.2. The van der Waals surface area contributed by atoms with Crippen LogP contribution in [0.25, 0.3) is 0 Å². The van der Waals surface area contributed by atoms with Crippen molar-refractivity contribution in [2.75, 3.05) is 6.61 Å². The van der Waals surface area contributed by atoms with Gasteiger partial charge in [-0.1, -0.05) is 0 Å². The highest BCUT2D eigenvalue weighted by Crippen LogP contribution is 2.13. The van der Waals surface area contributed by atoms with E-state index >= 15 is 0 Å². The normalized spacial score (nSPS) is 9.86. The lowest BCUT2D eigenvalue weighted by Gasteiger charge is -2.00. The summed E-state index contributed by atoms with van der Waals surface area (Å²) in [6.07, 6.45) is 0.237. The first kappa shape index (κ1) is 10.2. The van der Waals surface area contributed by atoms with E-state index in [0.29, 0.717) is 0 Å². The molecular formula is C7H9N3O4. The molecule has 7 heteroatoms. The number of carbonyl (C=O) groups excluding carboxylic acids is 1. The Kier molecular flexibility index (Phi) is 2.80. The van der Waals surface area contributed by atoms with Crippen molar-refractivity contribution < 1.29 is 14.5 Å². The molecule has 0 spiro atoms. The van der Waals surface area contributed by atoms with Gasteiger partial charge in [0.05, 0.1) is 6.61 Å². The zero-order chi connectivity index (χ0) is 10.7. The monoisotopic (exact) mass is 199 g/mol. The van der Waals surface area contributed by atoms with Gasteiger partial charge in [0.25, 0.3) is 0 Å². The van der Waals surface area contributed by atoms with Crippen LogP contribution in [0.2, 0.25) is 0 Å². The molecule has 1 heterocycles. The van der Waals surface area contributed by atoms with E-state index < -0.39 is 11.0 Å². The highest BCUT2D eigenvalue weighted by Gasteiger charge is 2.25. The summed E-state index contributed by atoms with van der Waals surface area (Å²) in [5.74, 6) is -0.156. The molecule has 0 aliphatic rings. The van der Waals surface area contributed by atoms with Crippen LogP contribution in [0.3, 0.4) is 0 Å². The van der Waals surface area contributed by atoms with Crippen molar-refractivity contribution in [3.05, 3.63) is 22.1 Å². The zero-order valence-electron chi connectivity index (χ0n) is 7.76. The third-order valence-electron chi connectivity index (χ3n) is 1.56. The Hall–Kier alpha value is -1.92. The van der Waals surface area contributed by atoms with Crippen molar-refractivity contribution in [1.29, 1.82) is 0 Å². The fourth-order valence-electron chi connectivity index (χ4n) is 0.975. The average Bonchev–Trinajstić information content (AvgIpc) is 2.47. The Bertz CT molecular complexity index is 371. The highest BCUT2D eigenvalue weighted by molar-refractivity contribution is 5.74. The molecule has 0 saturated heterocycles. The Morgan fingerprint density at radius 2 is 2.43 bits per heavy atom. The predicted octanol–water partition coefficient (Wildman–Crippen LogP) is 1.10. The fourth-order valence-corrected chi connectivity index (χ4v) is 0.975. The molecule has 0 saturated carbocycles. The molecule has 0 bridgehead atoms. The molecule has 0 aromatic carbocycles. The van der Waals surface area contributed by atoms with E-state index in [-0.39, 0.29) is 18.2 Å². The molecule has 1 aromatic heterocycles. The molecule has 1 rings (SSSR count). The lowest BCUT2D eigenvalue weighted by atomic mass is 10.6. The van der Waals surface area contributed by atoms with Gasteiger partial charge in [0.2, 0.25) is 5.82 Å². The minimum absolute atomic E-state index is 0.160. The molecule has 0 fully saturated rings. The first-order valence-electron chi connectivity index (χ1n) is 3.93. The van der Waals surface area contributed by atoms with Crippen LogP contribution in [0.1, 0.15) is 12.7 Å². The van der Waals surface area contributed by atoms with E-state index in [1.165, 1.54) is 6.92 Å². The topological polar surface area (TPSA) is 87.3 Å². The first-order valence-corrected chi connectivity index (χ1v) is 3.93. The van der Waals surface area contributed by atoms with Crippen LogP contribution in [-0.4, -0.2) is 27.2 Å². The number of aromatic nitrogens is 2. The van der Waals surface area contributed by atoms with Crippen LogP contribution in [0, 0.1) is 17.0 Å². The predicted molar refractivity (Wildman–Crippen MR) is 46.0 cm³/mol. The van der Waals surface area contributed by atoms with Gasteiger partial charge in [-0.15, -0.1) is 4.57 Å². The van der Waals surface area contributed by atoms with E-state index in [0.717, 1.165) is 10.8 Å². The molecule has 0 radical (unpaired) electrons. The second-order valence-corrected chi connectivity index (χ2v) is 2.46. The zero-order valence-corrected chi connectivity index (χ0v) is 7.76. The Labute approximate surface area is 79.5 Å². The first-order chi connectivity index (χ1) is 6.57. The van der Waals surface area contributed by atoms with Gasteiger partial charge in [0, 0.05) is 6.92 Å². The second-order valence-electron chi connectivity index (χ2n) is 2.46. The summed E-state index contributed by atoms with van der Waals surface area (Å²) in [5.41, 5.74) is 0. The lowest BCUT2D eigenvalue weighted by molar-refractivity contribution is -0.391. The SMILES string of the molecule is CCOC(=O)n1c([N+](=O)[O-])cnc1C. The summed E-state index contributed by atoms with van der Waals surface area (Å²) in [6, 6.07) is 0. The summed E-state index contributed by atoms with van der Waals surface area (Å²) >= 11 is 0. The van der Waals surface area contributed by atoms with Gasteiger partial charge in [-0.3, -0.25) is 0 Å². The van der Waals surface area contributed by atoms with Gasteiger partial charge in [0.1, 0.15) is 6.20 Å².